The average molecular weight is 372 g/mol. The Bertz CT molecular complexity index is 822. The highest BCUT2D eigenvalue weighted by Crippen LogP contribution is 2.27. The molecule has 0 aliphatic heterocycles. The third-order valence-corrected chi connectivity index (χ3v) is 5.38. The zero-order chi connectivity index (χ0) is 19.6. The van der Waals surface area contributed by atoms with Crippen molar-refractivity contribution in [3.63, 3.8) is 0 Å². The summed E-state index contributed by atoms with van der Waals surface area (Å²) in [4.78, 5) is 24.4. The van der Waals surface area contributed by atoms with Gasteiger partial charge >= 0.3 is 0 Å². The van der Waals surface area contributed by atoms with Gasteiger partial charge in [0.25, 0.3) is 5.91 Å². The number of aromatic nitrogens is 2. The van der Waals surface area contributed by atoms with Crippen LogP contribution in [0.1, 0.15) is 50.0 Å². The smallest absolute Gasteiger partial charge is 0.273 e. The first-order chi connectivity index (χ1) is 12.9. The summed E-state index contributed by atoms with van der Waals surface area (Å²) in [5.41, 5.74) is 6.63. The van der Waals surface area contributed by atoms with Gasteiger partial charge in [0.2, 0.25) is 5.91 Å². The number of benzene rings is 1. The monoisotopic (exact) mass is 372 g/mol. The van der Waals surface area contributed by atoms with E-state index in [1.165, 1.54) is 0 Å². The zero-order valence-corrected chi connectivity index (χ0v) is 15.9. The molecule has 2 amide bonds. The number of para-hydroxylation sites is 1. The zero-order valence-electron chi connectivity index (χ0n) is 15.9. The van der Waals surface area contributed by atoms with Crippen LogP contribution < -0.4 is 11.1 Å². The molecule has 2 aromatic rings. The van der Waals surface area contributed by atoms with Gasteiger partial charge in [-0.25, -0.2) is 0 Å². The largest absolute Gasteiger partial charge is 0.393 e. The molecule has 1 aliphatic carbocycles. The number of carbonyl (C=O) groups is 2. The number of hydrogen-bond acceptors (Lipinski definition) is 4. The number of aliphatic hydroxyl groups excluding tert-OH is 1. The average Bonchev–Trinajstić information content (AvgIpc) is 3.00. The van der Waals surface area contributed by atoms with E-state index in [9.17, 15) is 14.7 Å². The molecule has 4 N–H and O–H groups in total. The first kappa shape index (κ1) is 19.4. The minimum atomic E-state index is -0.735. The van der Waals surface area contributed by atoms with Crippen molar-refractivity contribution >= 4 is 22.7 Å². The second kappa shape index (κ2) is 8.08. The lowest BCUT2D eigenvalue weighted by Crippen LogP contribution is -2.47. The van der Waals surface area contributed by atoms with Crippen molar-refractivity contribution in [1.29, 1.82) is 0 Å². The normalized spacial score (nSPS) is 21.3. The lowest BCUT2D eigenvalue weighted by Gasteiger charge is -2.25. The minimum Gasteiger partial charge on any atom is -0.393 e. The molecular weight excluding hydrogens is 344 g/mol. The molecule has 0 bridgehead atoms. The van der Waals surface area contributed by atoms with Crippen molar-refractivity contribution in [2.75, 3.05) is 0 Å². The predicted octanol–water partition coefficient (Wildman–Crippen LogP) is 1.83. The van der Waals surface area contributed by atoms with Crippen LogP contribution in [0.5, 0.6) is 0 Å². The van der Waals surface area contributed by atoms with Gasteiger partial charge in [0, 0.05) is 11.9 Å². The maximum Gasteiger partial charge on any atom is 0.273 e. The predicted molar refractivity (Wildman–Crippen MR) is 103 cm³/mol. The van der Waals surface area contributed by atoms with E-state index in [2.05, 4.69) is 10.4 Å². The molecule has 0 unspecified atom stereocenters. The van der Waals surface area contributed by atoms with E-state index in [0.717, 1.165) is 36.6 Å². The van der Waals surface area contributed by atoms with Gasteiger partial charge in [-0.2, -0.15) is 5.10 Å². The van der Waals surface area contributed by atoms with Crippen LogP contribution in [0.25, 0.3) is 10.9 Å². The van der Waals surface area contributed by atoms with Gasteiger partial charge in [-0.3, -0.25) is 14.3 Å². The van der Waals surface area contributed by atoms with E-state index in [-0.39, 0.29) is 17.9 Å². The molecule has 0 spiro atoms. The van der Waals surface area contributed by atoms with Crippen LogP contribution >= 0.6 is 0 Å². The highest BCUT2D eigenvalue weighted by Gasteiger charge is 2.26. The van der Waals surface area contributed by atoms with Crippen molar-refractivity contribution in [2.45, 2.75) is 58.2 Å². The van der Waals surface area contributed by atoms with Crippen LogP contribution in [0.15, 0.2) is 24.3 Å². The minimum absolute atomic E-state index is 0.103. The van der Waals surface area contributed by atoms with E-state index in [1.54, 1.807) is 0 Å². The van der Waals surface area contributed by atoms with Gasteiger partial charge in [0.15, 0.2) is 5.69 Å². The first-order valence-electron chi connectivity index (χ1n) is 9.60. The second-order valence-electron chi connectivity index (χ2n) is 7.82. The molecular formula is C20H28N4O3. The summed E-state index contributed by atoms with van der Waals surface area (Å²) in [6.07, 6.45) is 3.33. The summed E-state index contributed by atoms with van der Waals surface area (Å²) >= 11 is 0. The molecule has 146 valence electrons. The van der Waals surface area contributed by atoms with Gasteiger partial charge in [0.1, 0.15) is 6.04 Å². The van der Waals surface area contributed by atoms with Crippen molar-refractivity contribution in [1.82, 2.24) is 15.1 Å². The number of rotatable bonds is 6. The summed E-state index contributed by atoms with van der Waals surface area (Å²) in [5, 5.41) is 17.8. The van der Waals surface area contributed by atoms with Crippen LogP contribution in [-0.4, -0.2) is 38.8 Å². The Labute approximate surface area is 158 Å². The number of nitrogens with two attached hydrogens (primary N) is 1. The Balaban J connectivity index is 1.85. The quantitative estimate of drug-likeness (QED) is 0.718. The SMILES string of the molecule is CC(C)[C@H](NC(=O)c1nn(CC2CCC(O)CC2)c2ccccc12)C(N)=O. The molecule has 1 atom stereocenters. The molecule has 7 heteroatoms. The van der Waals surface area contributed by atoms with E-state index >= 15 is 0 Å². The molecule has 1 aromatic heterocycles. The highest BCUT2D eigenvalue weighted by molar-refractivity contribution is 6.06. The van der Waals surface area contributed by atoms with E-state index in [4.69, 9.17) is 5.73 Å². The molecule has 27 heavy (non-hydrogen) atoms. The van der Waals surface area contributed by atoms with Gasteiger partial charge in [0.05, 0.1) is 11.6 Å². The number of carbonyl (C=O) groups excluding carboxylic acids is 2. The summed E-state index contributed by atoms with van der Waals surface area (Å²) in [5.74, 6) is -0.612. The second-order valence-corrected chi connectivity index (χ2v) is 7.82. The number of nitrogens with zero attached hydrogens (tertiary/aromatic N) is 2. The third-order valence-electron chi connectivity index (χ3n) is 5.38. The Morgan fingerprint density at radius 1 is 1.26 bits per heavy atom. The standard InChI is InChI=1S/C20H28N4O3/c1-12(2)17(19(21)26)22-20(27)18-15-5-3-4-6-16(15)24(23-18)11-13-7-9-14(25)10-8-13/h3-6,12-14,17,25H,7-11H2,1-2H3,(H2,21,26)(H,22,27)/t13?,14?,17-/m0/s1. The van der Waals surface area contributed by atoms with Crippen LogP contribution in [-0.2, 0) is 11.3 Å². The third kappa shape index (κ3) is 4.30. The molecule has 1 aliphatic rings. The fourth-order valence-corrected chi connectivity index (χ4v) is 3.78. The fraction of sp³-hybridized carbons (Fsp3) is 0.550. The van der Waals surface area contributed by atoms with Crippen molar-refractivity contribution in [3.05, 3.63) is 30.0 Å². The summed E-state index contributed by atoms with van der Waals surface area (Å²) in [6.45, 7) is 4.39. The maximum absolute atomic E-state index is 12.8. The van der Waals surface area contributed by atoms with E-state index < -0.39 is 11.9 Å². The van der Waals surface area contributed by atoms with Gasteiger partial charge in [-0.05, 0) is 43.6 Å². The van der Waals surface area contributed by atoms with Gasteiger partial charge in [-0.15, -0.1) is 0 Å². The molecule has 1 saturated carbocycles. The highest BCUT2D eigenvalue weighted by atomic mass is 16.3. The molecule has 0 saturated heterocycles. The van der Waals surface area contributed by atoms with Crippen molar-refractivity contribution in [3.8, 4) is 0 Å². The Kier molecular flexibility index (Phi) is 5.79. The fourth-order valence-electron chi connectivity index (χ4n) is 3.78. The Morgan fingerprint density at radius 3 is 2.56 bits per heavy atom. The Hall–Kier alpha value is -2.41. The summed E-state index contributed by atoms with van der Waals surface area (Å²) < 4.78 is 1.88. The lowest BCUT2D eigenvalue weighted by molar-refractivity contribution is -0.120. The Morgan fingerprint density at radius 2 is 1.93 bits per heavy atom. The van der Waals surface area contributed by atoms with E-state index in [0.29, 0.717) is 18.2 Å². The summed E-state index contributed by atoms with van der Waals surface area (Å²) in [7, 11) is 0. The molecule has 1 aromatic carbocycles. The van der Waals surface area contributed by atoms with E-state index in [1.807, 2.05) is 42.8 Å². The number of hydrogen-bond donors (Lipinski definition) is 3. The number of aliphatic hydroxyl groups is 1. The maximum atomic E-state index is 12.8. The summed E-state index contributed by atoms with van der Waals surface area (Å²) in [6, 6.07) is 6.88. The van der Waals surface area contributed by atoms with Crippen LogP contribution in [0.2, 0.25) is 0 Å². The van der Waals surface area contributed by atoms with Crippen LogP contribution in [0, 0.1) is 11.8 Å². The lowest BCUT2D eigenvalue weighted by atomic mass is 9.87. The van der Waals surface area contributed by atoms with Gasteiger partial charge in [-0.1, -0.05) is 32.0 Å². The van der Waals surface area contributed by atoms with Crippen molar-refractivity contribution < 1.29 is 14.7 Å². The van der Waals surface area contributed by atoms with Crippen LogP contribution in [0.4, 0.5) is 0 Å². The topological polar surface area (TPSA) is 110 Å². The molecule has 1 fully saturated rings. The molecule has 3 rings (SSSR count). The number of fused-ring (bicyclic) bond motifs is 1. The molecule has 7 nitrogen and oxygen atoms in total. The first-order valence-corrected chi connectivity index (χ1v) is 9.60. The molecule has 1 heterocycles. The number of amides is 2. The number of nitrogens with one attached hydrogen (secondary N) is 1. The van der Waals surface area contributed by atoms with Gasteiger partial charge < -0.3 is 16.2 Å². The molecule has 0 radical (unpaired) electrons. The van der Waals surface area contributed by atoms with Crippen LogP contribution in [0.3, 0.4) is 0 Å². The van der Waals surface area contributed by atoms with Crippen molar-refractivity contribution in [2.24, 2.45) is 17.6 Å². The number of primary amides is 1.